The fraction of sp³-hybridized carbons (Fsp3) is 0.750. The van der Waals surface area contributed by atoms with Crippen LogP contribution in [0.2, 0.25) is 0 Å². The zero-order valence-electron chi connectivity index (χ0n) is 6.88. The predicted molar refractivity (Wildman–Crippen MR) is 45.6 cm³/mol. The lowest BCUT2D eigenvalue weighted by atomic mass is 10.4. The minimum atomic E-state index is 0.111. The molecule has 3 heteroatoms. The van der Waals surface area contributed by atoms with E-state index in [9.17, 15) is 0 Å². The van der Waals surface area contributed by atoms with Crippen molar-refractivity contribution in [3.05, 3.63) is 12.7 Å². The lowest BCUT2D eigenvalue weighted by Gasteiger charge is -2.02. The Hall–Kier alpha value is -0.380. The van der Waals surface area contributed by atoms with Crippen molar-refractivity contribution in [3.8, 4) is 0 Å². The molecule has 0 aromatic carbocycles. The summed E-state index contributed by atoms with van der Waals surface area (Å²) in [6.45, 7) is 6.64. The molecule has 0 aromatic heterocycles. The van der Waals surface area contributed by atoms with Gasteiger partial charge in [0, 0.05) is 13.2 Å². The zero-order valence-corrected chi connectivity index (χ0v) is 6.88. The van der Waals surface area contributed by atoms with Crippen LogP contribution in [0.25, 0.3) is 0 Å². The Labute approximate surface area is 68.1 Å². The normalized spacial score (nSPS) is 9.91. The van der Waals surface area contributed by atoms with Crippen molar-refractivity contribution in [3.63, 3.8) is 0 Å². The molecule has 0 amide bonds. The van der Waals surface area contributed by atoms with Gasteiger partial charge in [0.25, 0.3) is 0 Å². The van der Waals surface area contributed by atoms with E-state index >= 15 is 0 Å². The van der Waals surface area contributed by atoms with Gasteiger partial charge in [-0.2, -0.15) is 0 Å². The fourth-order valence-corrected chi connectivity index (χ4v) is 0.670. The average molecular weight is 159 g/mol. The summed E-state index contributed by atoms with van der Waals surface area (Å²) in [5.41, 5.74) is 0. The summed E-state index contributed by atoms with van der Waals surface area (Å²) in [5.74, 6) is 0. The number of rotatable bonds is 8. The Bertz CT molecular complexity index is 86.2. The van der Waals surface area contributed by atoms with Gasteiger partial charge in [0.1, 0.15) is 0 Å². The molecular formula is C8H17NO2. The highest BCUT2D eigenvalue weighted by molar-refractivity contribution is 4.68. The number of aliphatic hydroxyl groups excluding tert-OH is 1. The van der Waals surface area contributed by atoms with Gasteiger partial charge < -0.3 is 15.2 Å². The molecule has 3 nitrogen and oxygen atoms in total. The monoisotopic (exact) mass is 159 g/mol. The number of hydrogen-bond donors (Lipinski definition) is 2. The lowest BCUT2D eigenvalue weighted by Crippen LogP contribution is -2.16. The molecule has 0 unspecified atom stereocenters. The second-order valence-electron chi connectivity index (χ2n) is 2.18. The molecule has 0 radical (unpaired) electrons. The molecule has 0 saturated heterocycles. The van der Waals surface area contributed by atoms with Crippen molar-refractivity contribution in [1.29, 1.82) is 0 Å². The van der Waals surface area contributed by atoms with E-state index in [2.05, 4.69) is 11.9 Å². The third kappa shape index (κ3) is 9.62. The topological polar surface area (TPSA) is 41.5 Å². The van der Waals surface area contributed by atoms with Crippen molar-refractivity contribution >= 4 is 0 Å². The van der Waals surface area contributed by atoms with E-state index in [0.29, 0.717) is 13.2 Å². The number of hydrogen-bond acceptors (Lipinski definition) is 3. The minimum absolute atomic E-state index is 0.111. The first-order chi connectivity index (χ1) is 5.41. The minimum Gasteiger partial charge on any atom is -0.394 e. The number of ether oxygens (including phenoxy) is 1. The second-order valence-corrected chi connectivity index (χ2v) is 2.18. The molecule has 0 rings (SSSR count). The van der Waals surface area contributed by atoms with Crippen LogP contribution in [-0.2, 0) is 4.74 Å². The van der Waals surface area contributed by atoms with Crippen LogP contribution in [0.5, 0.6) is 0 Å². The van der Waals surface area contributed by atoms with Crippen molar-refractivity contribution in [2.75, 3.05) is 32.9 Å². The van der Waals surface area contributed by atoms with Gasteiger partial charge in [-0.3, -0.25) is 0 Å². The van der Waals surface area contributed by atoms with Gasteiger partial charge in [0.2, 0.25) is 0 Å². The smallest absolute Gasteiger partial charge is 0.0697 e. The molecule has 0 atom stereocenters. The summed E-state index contributed by atoms with van der Waals surface area (Å²) in [5, 5.41) is 11.5. The lowest BCUT2D eigenvalue weighted by molar-refractivity contribution is 0.0909. The molecule has 11 heavy (non-hydrogen) atoms. The van der Waals surface area contributed by atoms with Gasteiger partial charge in [-0.05, 0) is 13.0 Å². The Morgan fingerprint density at radius 1 is 1.45 bits per heavy atom. The molecule has 0 aliphatic carbocycles. The number of aliphatic hydroxyl groups is 1. The van der Waals surface area contributed by atoms with Crippen molar-refractivity contribution < 1.29 is 9.84 Å². The summed E-state index contributed by atoms with van der Waals surface area (Å²) < 4.78 is 5.05. The summed E-state index contributed by atoms with van der Waals surface area (Å²) in [4.78, 5) is 0. The van der Waals surface area contributed by atoms with Crippen molar-refractivity contribution in [1.82, 2.24) is 5.32 Å². The maximum absolute atomic E-state index is 8.35. The summed E-state index contributed by atoms with van der Waals surface area (Å²) in [6.07, 6.45) is 2.81. The van der Waals surface area contributed by atoms with Gasteiger partial charge in [0.15, 0.2) is 0 Å². The first kappa shape index (κ1) is 10.6. The quantitative estimate of drug-likeness (QED) is 0.391. The Balaban J connectivity index is 2.74. The van der Waals surface area contributed by atoms with Crippen LogP contribution in [0.15, 0.2) is 12.7 Å². The molecule has 0 aromatic rings. The average Bonchev–Trinajstić information content (AvgIpc) is 2.03. The first-order valence-electron chi connectivity index (χ1n) is 3.92. The largest absolute Gasteiger partial charge is 0.394 e. The molecule has 0 aliphatic heterocycles. The molecule has 0 saturated carbocycles. The maximum Gasteiger partial charge on any atom is 0.0697 e. The third-order valence-corrected chi connectivity index (χ3v) is 1.17. The Morgan fingerprint density at radius 2 is 2.27 bits per heavy atom. The van der Waals surface area contributed by atoms with Crippen LogP contribution in [-0.4, -0.2) is 38.0 Å². The summed E-state index contributed by atoms with van der Waals surface area (Å²) in [6, 6.07) is 0. The SMILES string of the molecule is C=CCNCCCOCCO. The van der Waals surface area contributed by atoms with E-state index in [-0.39, 0.29) is 6.61 Å². The van der Waals surface area contributed by atoms with Crippen LogP contribution in [0.4, 0.5) is 0 Å². The van der Waals surface area contributed by atoms with Crippen LogP contribution >= 0.6 is 0 Å². The van der Waals surface area contributed by atoms with Crippen LogP contribution < -0.4 is 5.32 Å². The van der Waals surface area contributed by atoms with Crippen molar-refractivity contribution in [2.45, 2.75) is 6.42 Å². The van der Waals surface area contributed by atoms with E-state index < -0.39 is 0 Å². The molecular weight excluding hydrogens is 142 g/mol. The van der Waals surface area contributed by atoms with E-state index in [4.69, 9.17) is 9.84 Å². The van der Waals surface area contributed by atoms with E-state index in [1.165, 1.54) is 0 Å². The van der Waals surface area contributed by atoms with Crippen LogP contribution in [0.3, 0.4) is 0 Å². The Morgan fingerprint density at radius 3 is 2.91 bits per heavy atom. The van der Waals surface area contributed by atoms with Gasteiger partial charge in [-0.25, -0.2) is 0 Å². The highest BCUT2D eigenvalue weighted by atomic mass is 16.5. The zero-order chi connectivity index (χ0) is 8.36. The molecule has 2 N–H and O–H groups in total. The van der Waals surface area contributed by atoms with Crippen LogP contribution in [0.1, 0.15) is 6.42 Å². The second kappa shape index (κ2) is 9.62. The Kier molecular flexibility index (Phi) is 9.29. The van der Waals surface area contributed by atoms with Gasteiger partial charge >= 0.3 is 0 Å². The predicted octanol–water partition coefficient (Wildman–Crippen LogP) is 0.161. The third-order valence-electron chi connectivity index (χ3n) is 1.17. The summed E-state index contributed by atoms with van der Waals surface area (Å²) >= 11 is 0. The summed E-state index contributed by atoms with van der Waals surface area (Å²) in [7, 11) is 0. The van der Waals surface area contributed by atoms with Crippen molar-refractivity contribution in [2.24, 2.45) is 0 Å². The van der Waals surface area contributed by atoms with E-state index in [0.717, 1.165) is 19.5 Å². The highest BCUT2D eigenvalue weighted by Gasteiger charge is 1.86. The van der Waals surface area contributed by atoms with Gasteiger partial charge in [-0.1, -0.05) is 6.08 Å². The van der Waals surface area contributed by atoms with Gasteiger partial charge in [-0.15, -0.1) is 6.58 Å². The first-order valence-corrected chi connectivity index (χ1v) is 3.92. The molecule has 0 spiro atoms. The molecule has 0 heterocycles. The molecule has 66 valence electrons. The van der Waals surface area contributed by atoms with E-state index in [1.54, 1.807) is 0 Å². The molecule has 0 bridgehead atoms. The standard InChI is InChI=1S/C8H17NO2/c1-2-4-9-5-3-7-11-8-6-10/h2,9-10H,1,3-8H2. The maximum atomic E-state index is 8.35. The molecule has 0 aliphatic rings. The number of nitrogens with one attached hydrogen (secondary N) is 1. The fourth-order valence-electron chi connectivity index (χ4n) is 0.670. The molecule has 0 fully saturated rings. The van der Waals surface area contributed by atoms with Crippen LogP contribution in [0, 0.1) is 0 Å². The van der Waals surface area contributed by atoms with Gasteiger partial charge in [0.05, 0.1) is 13.2 Å². The highest BCUT2D eigenvalue weighted by Crippen LogP contribution is 1.79. The van der Waals surface area contributed by atoms with E-state index in [1.807, 2.05) is 6.08 Å².